The second-order valence-corrected chi connectivity index (χ2v) is 5.57. The Morgan fingerprint density at radius 1 is 1.30 bits per heavy atom. The highest BCUT2D eigenvalue weighted by Gasteiger charge is 2.15. The molecular formula is C15H18ClN5O2. The van der Waals surface area contributed by atoms with E-state index in [4.69, 9.17) is 21.1 Å². The zero-order chi connectivity index (χ0) is 16.2. The summed E-state index contributed by atoms with van der Waals surface area (Å²) in [4.78, 5) is 6.64. The fourth-order valence-electron chi connectivity index (χ4n) is 2.34. The molecule has 1 aromatic carbocycles. The van der Waals surface area contributed by atoms with Gasteiger partial charge in [0.15, 0.2) is 5.82 Å². The number of aryl methyl sites for hydroxylation is 1. The number of nitrogens with zero attached hydrogens (tertiary/aromatic N) is 4. The van der Waals surface area contributed by atoms with Crippen molar-refractivity contribution in [2.45, 2.75) is 6.92 Å². The summed E-state index contributed by atoms with van der Waals surface area (Å²) in [5.41, 5.74) is 1.68. The van der Waals surface area contributed by atoms with Crippen molar-refractivity contribution in [3.63, 3.8) is 0 Å². The average Bonchev–Trinajstić information content (AvgIpc) is 2.59. The Balaban J connectivity index is 1.84. The van der Waals surface area contributed by atoms with Crippen LogP contribution in [-0.2, 0) is 4.74 Å². The fourth-order valence-corrected chi connectivity index (χ4v) is 2.50. The molecule has 122 valence electrons. The molecule has 1 aliphatic heterocycles. The number of methoxy groups -OCH3 is 1. The normalized spacial score (nSPS) is 14.7. The van der Waals surface area contributed by atoms with Crippen molar-refractivity contribution in [2.24, 2.45) is 0 Å². The number of benzene rings is 1. The molecule has 1 aromatic heterocycles. The molecule has 3 rings (SSSR count). The first-order valence-electron chi connectivity index (χ1n) is 7.31. The number of hydrogen-bond acceptors (Lipinski definition) is 7. The van der Waals surface area contributed by atoms with Gasteiger partial charge < -0.3 is 19.7 Å². The van der Waals surface area contributed by atoms with E-state index in [0.29, 0.717) is 29.9 Å². The third kappa shape index (κ3) is 3.62. The molecule has 0 atom stereocenters. The second-order valence-electron chi connectivity index (χ2n) is 5.16. The van der Waals surface area contributed by atoms with Crippen molar-refractivity contribution in [3.8, 4) is 5.75 Å². The number of hydrogen-bond donors (Lipinski definition) is 1. The van der Waals surface area contributed by atoms with Gasteiger partial charge in [-0.15, -0.1) is 5.10 Å². The summed E-state index contributed by atoms with van der Waals surface area (Å²) in [6, 6.07) is 3.66. The minimum Gasteiger partial charge on any atom is -0.495 e. The Morgan fingerprint density at radius 2 is 2.09 bits per heavy atom. The lowest BCUT2D eigenvalue weighted by atomic mass is 10.2. The molecule has 0 spiro atoms. The SMILES string of the molecule is COc1cc(Cl)c(C)cc1Nc1nncc(N2CCOCC2)n1. The van der Waals surface area contributed by atoms with Crippen molar-refractivity contribution in [1.29, 1.82) is 0 Å². The summed E-state index contributed by atoms with van der Waals surface area (Å²) in [7, 11) is 1.59. The molecule has 2 heterocycles. The first-order chi connectivity index (χ1) is 11.2. The van der Waals surface area contributed by atoms with E-state index in [1.165, 1.54) is 0 Å². The van der Waals surface area contributed by atoms with Gasteiger partial charge in [0.2, 0.25) is 5.95 Å². The molecule has 8 heteroatoms. The number of morpholine rings is 1. The molecule has 23 heavy (non-hydrogen) atoms. The minimum absolute atomic E-state index is 0.411. The van der Waals surface area contributed by atoms with Gasteiger partial charge in [-0.1, -0.05) is 11.6 Å². The lowest BCUT2D eigenvalue weighted by molar-refractivity contribution is 0.122. The van der Waals surface area contributed by atoms with Crippen LogP contribution in [0.2, 0.25) is 5.02 Å². The van der Waals surface area contributed by atoms with Crippen LogP contribution in [0.5, 0.6) is 5.75 Å². The number of rotatable bonds is 4. The highest BCUT2D eigenvalue weighted by atomic mass is 35.5. The van der Waals surface area contributed by atoms with Crippen LogP contribution in [0.15, 0.2) is 18.3 Å². The minimum atomic E-state index is 0.411. The average molecular weight is 336 g/mol. The van der Waals surface area contributed by atoms with E-state index in [0.717, 1.165) is 30.2 Å². The van der Waals surface area contributed by atoms with Crippen LogP contribution in [0, 0.1) is 6.92 Å². The summed E-state index contributed by atoms with van der Waals surface area (Å²) in [6.45, 7) is 4.90. The molecule has 0 aliphatic carbocycles. The third-order valence-corrected chi connectivity index (χ3v) is 4.02. The molecule has 0 bridgehead atoms. The first kappa shape index (κ1) is 15.8. The maximum Gasteiger partial charge on any atom is 0.249 e. The van der Waals surface area contributed by atoms with Crippen LogP contribution in [0.25, 0.3) is 0 Å². The number of nitrogens with one attached hydrogen (secondary N) is 1. The highest BCUT2D eigenvalue weighted by Crippen LogP contribution is 2.32. The van der Waals surface area contributed by atoms with Crippen molar-refractivity contribution in [2.75, 3.05) is 43.6 Å². The van der Waals surface area contributed by atoms with E-state index in [9.17, 15) is 0 Å². The second kappa shape index (κ2) is 6.97. The van der Waals surface area contributed by atoms with Crippen LogP contribution in [-0.4, -0.2) is 48.6 Å². The van der Waals surface area contributed by atoms with Crippen molar-refractivity contribution in [3.05, 3.63) is 28.9 Å². The van der Waals surface area contributed by atoms with Crippen LogP contribution in [0.4, 0.5) is 17.5 Å². The standard InChI is InChI=1S/C15H18ClN5O2/c1-10-7-12(13(22-2)8-11(10)16)18-15-19-14(9-17-20-15)21-3-5-23-6-4-21/h7-9H,3-6H2,1-2H3,(H,18,19,20). The van der Waals surface area contributed by atoms with Crippen LogP contribution in [0.1, 0.15) is 5.56 Å². The Hall–Kier alpha value is -2.12. The summed E-state index contributed by atoms with van der Waals surface area (Å²) < 4.78 is 10.7. The summed E-state index contributed by atoms with van der Waals surface area (Å²) >= 11 is 6.12. The fraction of sp³-hybridized carbons (Fsp3) is 0.400. The Morgan fingerprint density at radius 3 is 2.83 bits per heavy atom. The molecule has 1 N–H and O–H groups in total. The monoisotopic (exact) mass is 335 g/mol. The van der Waals surface area contributed by atoms with E-state index in [1.54, 1.807) is 19.4 Å². The predicted molar refractivity (Wildman–Crippen MR) is 88.9 cm³/mol. The highest BCUT2D eigenvalue weighted by molar-refractivity contribution is 6.31. The maximum absolute atomic E-state index is 6.12. The molecule has 2 aromatic rings. The van der Waals surface area contributed by atoms with Gasteiger partial charge in [-0.3, -0.25) is 0 Å². The lowest BCUT2D eigenvalue weighted by Crippen LogP contribution is -2.37. The molecule has 0 saturated carbocycles. The van der Waals surface area contributed by atoms with E-state index in [1.807, 2.05) is 13.0 Å². The third-order valence-electron chi connectivity index (χ3n) is 3.61. The Kier molecular flexibility index (Phi) is 4.78. The molecular weight excluding hydrogens is 318 g/mol. The van der Waals surface area contributed by atoms with Crippen LogP contribution < -0.4 is 15.0 Å². The van der Waals surface area contributed by atoms with Crippen LogP contribution in [0.3, 0.4) is 0 Å². The van der Waals surface area contributed by atoms with Gasteiger partial charge in [-0.2, -0.15) is 10.1 Å². The zero-order valence-corrected chi connectivity index (χ0v) is 13.8. The number of ether oxygens (including phenoxy) is 2. The first-order valence-corrected chi connectivity index (χ1v) is 7.69. The lowest BCUT2D eigenvalue weighted by Gasteiger charge is -2.27. The van der Waals surface area contributed by atoms with Gasteiger partial charge in [0.1, 0.15) is 5.75 Å². The topological polar surface area (TPSA) is 72.4 Å². The molecule has 1 fully saturated rings. The van der Waals surface area contributed by atoms with Gasteiger partial charge in [0.05, 0.1) is 32.2 Å². The van der Waals surface area contributed by atoms with Gasteiger partial charge >= 0.3 is 0 Å². The largest absolute Gasteiger partial charge is 0.495 e. The molecule has 1 aliphatic rings. The smallest absolute Gasteiger partial charge is 0.249 e. The van der Waals surface area contributed by atoms with Crippen molar-refractivity contribution in [1.82, 2.24) is 15.2 Å². The molecule has 7 nitrogen and oxygen atoms in total. The van der Waals surface area contributed by atoms with E-state index < -0.39 is 0 Å². The number of aromatic nitrogens is 3. The molecule has 0 unspecified atom stereocenters. The van der Waals surface area contributed by atoms with Gasteiger partial charge in [-0.05, 0) is 18.6 Å². The van der Waals surface area contributed by atoms with E-state index in [2.05, 4.69) is 25.4 Å². The van der Waals surface area contributed by atoms with Gasteiger partial charge in [0, 0.05) is 24.2 Å². The molecule has 0 radical (unpaired) electrons. The van der Waals surface area contributed by atoms with E-state index >= 15 is 0 Å². The molecule has 1 saturated heterocycles. The van der Waals surface area contributed by atoms with E-state index in [-0.39, 0.29) is 0 Å². The quantitative estimate of drug-likeness (QED) is 0.919. The Labute approximate surface area is 139 Å². The zero-order valence-electron chi connectivity index (χ0n) is 13.0. The predicted octanol–water partition coefficient (Wildman–Crippen LogP) is 2.42. The number of halogens is 1. The maximum atomic E-state index is 6.12. The summed E-state index contributed by atoms with van der Waals surface area (Å²) in [5.74, 6) is 1.81. The van der Waals surface area contributed by atoms with Crippen molar-refractivity contribution < 1.29 is 9.47 Å². The van der Waals surface area contributed by atoms with Crippen molar-refractivity contribution >= 4 is 29.1 Å². The summed E-state index contributed by atoms with van der Waals surface area (Å²) in [5, 5.41) is 11.9. The van der Waals surface area contributed by atoms with Gasteiger partial charge in [0.25, 0.3) is 0 Å². The number of anilines is 3. The van der Waals surface area contributed by atoms with Crippen LogP contribution >= 0.6 is 11.6 Å². The summed E-state index contributed by atoms with van der Waals surface area (Å²) in [6.07, 6.45) is 1.65. The molecule has 0 amide bonds. The van der Waals surface area contributed by atoms with Gasteiger partial charge in [-0.25, -0.2) is 0 Å². The Bertz CT molecular complexity index is 692.